The first kappa shape index (κ1) is 19.5. The first-order valence-electron chi connectivity index (χ1n) is 10.0. The fourth-order valence-corrected chi connectivity index (χ4v) is 4.15. The lowest BCUT2D eigenvalue weighted by Gasteiger charge is -2.37. The number of halogens is 1. The number of rotatable bonds is 5. The molecule has 2 aromatic rings. The molecule has 1 unspecified atom stereocenters. The number of nitrogens with zero attached hydrogens (tertiary/aromatic N) is 4. The SMILES string of the molecule is O=C(Cc1cccc(F)c1)N1CCN(C2CCN(Cc3cccnc3)C2=O)CC1. The molecule has 4 rings (SSSR count). The van der Waals surface area contributed by atoms with E-state index >= 15 is 0 Å². The maximum atomic E-state index is 13.3. The van der Waals surface area contributed by atoms with Crippen LogP contribution < -0.4 is 0 Å². The van der Waals surface area contributed by atoms with Gasteiger partial charge in [0.05, 0.1) is 12.5 Å². The Morgan fingerprint density at radius 1 is 1.07 bits per heavy atom. The Morgan fingerprint density at radius 3 is 2.59 bits per heavy atom. The van der Waals surface area contributed by atoms with Crippen LogP contribution in [0.2, 0.25) is 0 Å². The maximum absolute atomic E-state index is 13.3. The first-order chi connectivity index (χ1) is 14.1. The van der Waals surface area contributed by atoms with Gasteiger partial charge in [0.2, 0.25) is 11.8 Å². The lowest BCUT2D eigenvalue weighted by Crippen LogP contribution is -2.54. The summed E-state index contributed by atoms with van der Waals surface area (Å²) < 4.78 is 13.3. The Morgan fingerprint density at radius 2 is 1.86 bits per heavy atom. The zero-order valence-corrected chi connectivity index (χ0v) is 16.3. The monoisotopic (exact) mass is 396 g/mol. The smallest absolute Gasteiger partial charge is 0.240 e. The molecule has 0 N–H and O–H groups in total. The minimum atomic E-state index is -0.323. The van der Waals surface area contributed by atoms with Crippen LogP contribution in [0.15, 0.2) is 48.8 Å². The second kappa shape index (κ2) is 8.69. The molecule has 1 aromatic carbocycles. The molecule has 1 aromatic heterocycles. The van der Waals surface area contributed by atoms with E-state index in [2.05, 4.69) is 9.88 Å². The molecule has 1 atom stereocenters. The van der Waals surface area contributed by atoms with E-state index in [0.29, 0.717) is 38.3 Å². The fraction of sp³-hybridized carbons (Fsp3) is 0.409. The van der Waals surface area contributed by atoms with Gasteiger partial charge in [-0.25, -0.2) is 4.39 Å². The Kier molecular flexibility index (Phi) is 5.85. The number of hydrogen-bond acceptors (Lipinski definition) is 4. The molecule has 152 valence electrons. The van der Waals surface area contributed by atoms with Crippen molar-refractivity contribution in [2.45, 2.75) is 25.4 Å². The third-order valence-corrected chi connectivity index (χ3v) is 5.72. The molecule has 2 amide bonds. The number of benzene rings is 1. The average Bonchev–Trinajstić information content (AvgIpc) is 3.09. The molecule has 0 aliphatic carbocycles. The molecule has 2 fully saturated rings. The summed E-state index contributed by atoms with van der Waals surface area (Å²) in [5, 5.41) is 0. The van der Waals surface area contributed by atoms with E-state index < -0.39 is 0 Å². The highest BCUT2D eigenvalue weighted by molar-refractivity contribution is 5.84. The zero-order chi connectivity index (χ0) is 20.2. The number of hydrogen-bond donors (Lipinski definition) is 0. The second-order valence-corrected chi connectivity index (χ2v) is 7.65. The molecule has 2 aliphatic rings. The van der Waals surface area contributed by atoms with Crippen LogP contribution in [0.5, 0.6) is 0 Å². The number of pyridine rings is 1. The summed E-state index contributed by atoms with van der Waals surface area (Å²) in [6.07, 6.45) is 4.55. The largest absolute Gasteiger partial charge is 0.340 e. The summed E-state index contributed by atoms with van der Waals surface area (Å²) in [4.78, 5) is 35.4. The van der Waals surface area contributed by atoms with Crippen molar-refractivity contribution in [2.24, 2.45) is 0 Å². The fourth-order valence-electron chi connectivity index (χ4n) is 4.15. The third-order valence-electron chi connectivity index (χ3n) is 5.72. The zero-order valence-electron chi connectivity index (χ0n) is 16.3. The Hall–Kier alpha value is -2.80. The molecule has 0 bridgehead atoms. The molecule has 6 nitrogen and oxygen atoms in total. The van der Waals surface area contributed by atoms with Gasteiger partial charge in [0.15, 0.2) is 0 Å². The van der Waals surface area contributed by atoms with Crippen LogP contribution in [0, 0.1) is 5.82 Å². The van der Waals surface area contributed by atoms with Crippen molar-refractivity contribution in [3.8, 4) is 0 Å². The van der Waals surface area contributed by atoms with E-state index in [1.807, 2.05) is 21.9 Å². The Labute approximate surface area is 169 Å². The van der Waals surface area contributed by atoms with E-state index in [1.54, 1.807) is 24.5 Å². The molecule has 3 heterocycles. The summed E-state index contributed by atoms with van der Waals surface area (Å²) in [5.41, 5.74) is 1.73. The predicted octanol–water partition coefficient (Wildman–Crippen LogP) is 1.71. The van der Waals surface area contributed by atoms with Gasteiger partial charge in [-0.2, -0.15) is 0 Å². The van der Waals surface area contributed by atoms with Crippen molar-refractivity contribution in [1.82, 2.24) is 19.7 Å². The molecule has 29 heavy (non-hydrogen) atoms. The third kappa shape index (κ3) is 4.62. The van der Waals surface area contributed by atoms with Gasteiger partial charge in [-0.3, -0.25) is 19.5 Å². The maximum Gasteiger partial charge on any atom is 0.240 e. The lowest BCUT2D eigenvalue weighted by molar-refractivity contribution is -0.135. The molecule has 7 heteroatoms. The molecular formula is C22H25FN4O2. The first-order valence-corrected chi connectivity index (χ1v) is 10.0. The van der Waals surface area contributed by atoms with E-state index in [1.165, 1.54) is 12.1 Å². The van der Waals surface area contributed by atoms with Crippen molar-refractivity contribution in [3.05, 3.63) is 65.7 Å². The van der Waals surface area contributed by atoms with Crippen LogP contribution in [0.25, 0.3) is 0 Å². The van der Waals surface area contributed by atoms with Crippen LogP contribution >= 0.6 is 0 Å². The molecule has 0 saturated carbocycles. The molecule has 2 saturated heterocycles. The average molecular weight is 396 g/mol. The van der Waals surface area contributed by atoms with Gasteiger partial charge >= 0.3 is 0 Å². The van der Waals surface area contributed by atoms with E-state index in [0.717, 1.165) is 18.5 Å². The lowest BCUT2D eigenvalue weighted by atomic mass is 10.1. The van der Waals surface area contributed by atoms with Crippen LogP contribution in [0.1, 0.15) is 17.5 Å². The van der Waals surface area contributed by atoms with Gasteiger partial charge in [0, 0.05) is 51.7 Å². The van der Waals surface area contributed by atoms with Gasteiger partial charge in [-0.15, -0.1) is 0 Å². The molecule has 0 radical (unpaired) electrons. The number of likely N-dealkylation sites (tertiary alicyclic amines) is 1. The van der Waals surface area contributed by atoms with Crippen molar-refractivity contribution < 1.29 is 14.0 Å². The molecule has 2 aliphatic heterocycles. The molecular weight excluding hydrogens is 371 g/mol. The van der Waals surface area contributed by atoms with Crippen molar-refractivity contribution >= 4 is 11.8 Å². The van der Waals surface area contributed by atoms with Crippen molar-refractivity contribution in [2.75, 3.05) is 32.7 Å². The van der Waals surface area contributed by atoms with Crippen LogP contribution in [0.4, 0.5) is 4.39 Å². The topological polar surface area (TPSA) is 56.8 Å². The highest BCUT2D eigenvalue weighted by atomic mass is 19.1. The minimum Gasteiger partial charge on any atom is -0.340 e. The summed E-state index contributed by atoms with van der Waals surface area (Å²) in [6, 6.07) is 9.94. The van der Waals surface area contributed by atoms with E-state index in [9.17, 15) is 14.0 Å². The Bertz CT molecular complexity index is 868. The van der Waals surface area contributed by atoms with Gasteiger partial charge in [0.25, 0.3) is 0 Å². The summed E-state index contributed by atoms with van der Waals surface area (Å²) >= 11 is 0. The van der Waals surface area contributed by atoms with Crippen LogP contribution in [-0.4, -0.2) is 70.3 Å². The standard InChI is InChI=1S/C22H25FN4O2/c23-19-5-1-3-17(13-19)14-21(28)26-11-9-25(10-12-26)20-6-8-27(22(20)29)16-18-4-2-7-24-15-18/h1-5,7,13,15,20H,6,8-12,14,16H2. The number of carbonyl (C=O) groups is 2. The van der Waals surface area contributed by atoms with Crippen LogP contribution in [-0.2, 0) is 22.6 Å². The number of carbonyl (C=O) groups excluding carboxylic acids is 2. The van der Waals surface area contributed by atoms with E-state index in [4.69, 9.17) is 0 Å². The quantitative estimate of drug-likeness (QED) is 0.772. The van der Waals surface area contributed by atoms with Gasteiger partial charge in [-0.1, -0.05) is 18.2 Å². The summed E-state index contributed by atoms with van der Waals surface area (Å²) in [5.74, 6) is -0.157. The summed E-state index contributed by atoms with van der Waals surface area (Å²) in [6.45, 7) is 3.91. The Balaban J connectivity index is 1.28. The van der Waals surface area contributed by atoms with Gasteiger partial charge < -0.3 is 9.80 Å². The van der Waals surface area contributed by atoms with Gasteiger partial charge in [-0.05, 0) is 35.7 Å². The number of piperazine rings is 1. The predicted molar refractivity (Wildman–Crippen MR) is 106 cm³/mol. The summed E-state index contributed by atoms with van der Waals surface area (Å²) in [7, 11) is 0. The number of aromatic nitrogens is 1. The number of amides is 2. The second-order valence-electron chi connectivity index (χ2n) is 7.65. The van der Waals surface area contributed by atoms with Crippen molar-refractivity contribution in [1.29, 1.82) is 0 Å². The highest BCUT2D eigenvalue weighted by Crippen LogP contribution is 2.21. The van der Waals surface area contributed by atoms with Gasteiger partial charge in [0.1, 0.15) is 5.82 Å². The van der Waals surface area contributed by atoms with E-state index in [-0.39, 0.29) is 30.1 Å². The van der Waals surface area contributed by atoms with Crippen LogP contribution in [0.3, 0.4) is 0 Å². The minimum absolute atomic E-state index is 0.00574. The normalized spacial score (nSPS) is 20.3. The van der Waals surface area contributed by atoms with Crippen molar-refractivity contribution in [3.63, 3.8) is 0 Å². The molecule has 0 spiro atoms. The highest BCUT2D eigenvalue weighted by Gasteiger charge is 2.37.